The molecule has 0 bridgehead atoms. The van der Waals surface area contributed by atoms with Crippen molar-refractivity contribution in [1.82, 2.24) is 14.9 Å². The Labute approximate surface area is 177 Å². The molecule has 2 aromatic heterocycles. The fourth-order valence-corrected chi connectivity index (χ4v) is 5.25. The van der Waals surface area contributed by atoms with Crippen LogP contribution in [0.3, 0.4) is 0 Å². The molecule has 3 heterocycles. The second kappa shape index (κ2) is 7.98. The number of nitrogens with one attached hydrogen (secondary N) is 1. The lowest BCUT2D eigenvalue weighted by molar-refractivity contribution is -0.136. The molecule has 4 rings (SSSR count). The molecule has 0 aliphatic carbocycles. The van der Waals surface area contributed by atoms with Gasteiger partial charge >= 0.3 is 5.97 Å². The number of pyridine rings is 1. The Morgan fingerprint density at radius 3 is 2.77 bits per heavy atom. The van der Waals surface area contributed by atoms with Gasteiger partial charge in [0.15, 0.2) is 9.84 Å². The van der Waals surface area contributed by atoms with Gasteiger partial charge < -0.3 is 9.67 Å². The summed E-state index contributed by atoms with van der Waals surface area (Å²) in [5.74, 6) is -1.69. The topological polar surface area (TPSA) is 101 Å². The third-order valence-electron chi connectivity index (χ3n) is 5.33. The van der Waals surface area contributed by atoms with Crippen LogP contribution in [-0.4, -0.2) is 41.0 Å². The minimum absolute atomic E-state index is 0.0564. The van der Waals surface area contributed by atoms with Crippen LogP contribution in [-0.2, 0) is 34.0 Å². The van der Waals surface area contributed by atoms with E-state index in [0.717, 1.165) is 34.3 Å². The first-order valence-electron chi connectivity index (χ1n) is 9.33. The van der Waals surface area contributed by atoms with Crippen LogP contribution in [0.15, 0.2) is 41.4 Å². The lowest BCUT2D eigenvalue weighted by Crippen LogP contribution is -2.40. The highest BCUT2D eigenvalue weighted by Crippen LogP contribution is 2.32. The van der Waals surface area contributed by atoms with E-state index in [-0.39, 0.29) is 23.2 Å². The average Bonchev–Trinajstić information content (AvgIpc) is 2.99. The maximum Gasteiger partial charge on any atom is 0.307 e. The van der Waals surface area contributed by atoms with E-state index in [4.69, 9.17) is 11.6 Å². The predicted octanol–water partition coefficient (Wildman–Crippen LogP) is 2.79. The fraction of sp³-hybridized carbons (Fsp3) is 0.300. The standard InChI is InChI=1S/C20H19ClFN3O4S/c21-19-8-18-16(9-23-19)15(7-20(26)27)17-6-3-13(10-25(17)18)24-11-30(28,29)14-4-1-12(22)2-5-14/h1-2,4-5,8-9,13,24H,3,6-7,10-11H2,(H,26,27). The first kappa shape index (κ1) is 20.8. The van der Waals surface area contributed by atoms with Crippen LogP contribution in [0.1, 0.15) is 17.7 Å². The van der Waals surface area contributed by atoms with Crippen molar-refractivity contribution < 1.29 is 22.7 Å². The summed E-state index contributed by atoms with van der Waals surface area (Å²) >= 11 is 6.05. The molecule has 3 aromatic rings. The van der Waals surface area contributed by atoms with Crippen molar-refractivity contribution in [2.24, 2.45) is 0 Å². The SMILES string of the molecule is O=C(O)Cc1c2n(c3cc(Cl)ncc13)CC(NCS(=O)(=O)c1ccc(F)cc1)CC2. The molecule has 7 nitrogen and oxygen atoms in total. The second-order valence-corrected chi connectivity index (χ2v) is 9.66. The van der Waals surface area contributed by atoms with E-state index in [9.17, 15) is 22.7 Å². The van der Waals surface area contributed by atoms with Gasteiger partial charge in [0.05, 0.1) is 16.8 Å². The summed E-state index contributed by atoms with van der Waals surface area (Å²) < 4.78 is 40.1. The number of sulfone groups is 1. The molecule has 0 spiro atoms. The quantitative estimate of drug-likeness (QED) is 0.441. The highest BCUT2D eigenvalue weighted by molar-refractivity contribution is 7.91. The first-order valence-corrected chi connectivity index (χ1v) is 11.4. The Bertz CT molecular complexity index is 1230. The van der Waals surface area contributed by atoms with Gasteiger partial charge in [0.25, 0.3) is 0 Å². The minimum Gasteiger partial charge on any atom is -0.481 e. The largest absolute Gasteiger partial charge is 0.481 e. The number of hydrogen-bond donors (Lipinski definition) is 2. The van der Waals surface area contributed by atoms with E-state index in [2.05, 4.69) is 10.3 Å². The van der Waals surface area contributed by atoms with Gasteiger partial charge in [-0.3, -0.25) is 10.1 Å². The van der Waals surface area contributed by atoms with Gasteiger partial charge in [-0.2, -0.15) is 0 Å². The Morgan fingerprint density at radius 2 is 2.07 bits per heavy atom. The number of carboxylic acids is 1. The molecule has 30 heavy (non-hydrogen) atoms. The van der Waals surface area contributed by atoms with Gasteiger partial charge in [-0.05, 0) is 48.7 Å². The summed E-state index contributed by atoms with van der Waals surface area (Å²) in [5.41, 5.74) is 2.42. The van der Waals surface area contributed by atoms with E-state index < -0.39 is 21.6 Å². The van der Waals surface area contributed by atoms with Crippen LogP contribution in [0.5, 0.6) is 0 Å². The molecule has 1 aliphatic rings. The molecule has 1 aliphatic heterocycles. The van der Waals surface area contributed by atoms with Crippen molar-refractivity contribution in [3.05, 3.63) is 58.8 Å². The normalized spacial score (nSPS) is 16.5. The van der Waals surface area contributed by atoms with E-state index in [0.29, 0.717) is 24.5 Å². The fourth-order valence-electron chi connectivity index (χ4n) is 3.92. The molecule has 10 heteroatoms. The van der Waals surface area contributed by atoms with Gasteiger partial charge in [-0.15, -0.1) is 0 Å². The van der Waals surface area contributed by atoms with E-state index >= 15 is 0 Å². The monoisotopic (exact) mass is 451 g/mol. The van der Waals surface area contributed by atoms with Crippen molar-refractivity contribution in [3.63, 3.8) is 0 Å². The third kappa shape index (κ3) is 4.05. The Kier molecular flexibility index (Phi) is 5.52. The number of carbonyl (C=O) groups is 1. The summed E-state index contributed by atoms with van der Waals surface area (Å²) in [6.45, 7) is 0.477. The molecule has 1 atom stereocenters. The van der Waals surface area contributed by atoms with Crippen LogP contribution < -0.4 is 5.32 Å². The lowest BCUT2D eigenvalue weighted by Gasteiger charge is -2.27. The Morgan fingerprint density at radius 1 is 1.33 bits per heavy atom. The molecule has 0 radical (unpaired) electrons. The number of fused-ring (bicyclic) bond motifs is 3. The van der Waals surface area contributed by atoms with Gasteiger partial charge in [0.1, 0.15) is 16.8 Å². The Hall–Kier alpha value is -2.49. The summed E-state index contributed by atoms with van der Waals surface area (Å²) in [6, 6.07) is 6.30. The molecule has 1 unspecified atom stereocenters. The van der Waals surface area contributed by atoms with Crippen LogP contribution in [0.4, 0.5) is 4.39 Å². The summed E-state index contributed by atoms with van der Waals surface area (Å²) in [7, 11) is -3.61. The second-order valence-electron chi connectivity index (χ2n) is 7.28. The van der Waals surface area contributed by atoms with Crippen LogP contribution in [0.25, 0.3) is 10.9 Å². The lowest BCUT2D eigenvalue weighted by atomic mass is 10.0. The van der Waals surface area contributed by atoms with Crippen molar-refractivity contribution >= 4 is 38.3 Å². The number of hydrogen-bond acceptors (Lipinski definition) is 5. The van der Waals surface area contributed by atoms with Crippen molar-refractivity contribution in [2.45, 2.75) is 36.7 Å². The van der Waals surface area contributed by atoms with Gasteiger partial charge in [0, 0.05) is 29.9 Å². The van der Waals surface area contributed by atoms with Crippen molar-refractivity contribution in [1.29, 1.82) is 0 Å². The van der Waals surface area contributed by atoms with E-state index in [1.54, 1.807) is 12.3 Å². The van der Waals surface area contributed by atoms with Gasteiger partial charge in [0.2, 0.25) is 0 Å². The van der Waals surface area contributed by atoms with Crippen LogP contribution in [0, 0.1) is 5.82 Å². The molecule has 0 saturated carbocycles. The maximum atomic E-state index is 13.1. The zero-order valence-electron chi connectivity index (χ0n) is 15.8. The van der Waals surface area contributed by atoms with Gasteiger partial charge in [-0.1, -0.05) is 11.6 Å². The van der Waals surface area contributed by atoms with E-state index in [1.165, 1.54) is 12.1 Å². The molecule has 0 amide bonds. The molecule has 0 saturated heterocycles. The molecular formula is C20H19ClFN3O4S. The highest BCUT2D eigenvalue weighted by atomic mass is 35.5. The third-order valence-corrected chi connectivity index (χ3v) is 7.08. The number of aliphatic carboxylic acids is 1. The number of benzene rings is 1. The highest BCUT2D eigenvalue weighted by Gasteiger charge is 2.27. The van der Waals surface area contributed by atoms with Gasteiger partial charge in [-0.25, -0.2) is 17.8 Å². The van der Waals surface area contributed by atoms with Crippen LogP contribution >= 0.6 is 11.6 Å². The number of aromatic nitrogens is 2. The first-order chi connectivity index (χ1) is 14.2. The summed E-state index contributed by atoms with van der Waals surface area (Å²) in [6.07, 6.45) is 2.73. The molecule has 158 valence electrons. The average molecular weight is 452 g/mol. The number of carboxylic acid groups (broad SMARTS) is 1. The van der Waals surface area contributed by atoms with Crippen molar-refractivity contribution in [3.8, 4) is 0 Å². The van der Waals surface area contributed by atoms with E-state index in [1.807, 2.05) is 4.57 Å². The number of rotatable bonds is 6. The van der Waals surface area contributed by atoms with Crippen LogP contribution in [0.2, 0.25) is 5.15 Å². The molecular weight excluding hydrogens is 433 g/mol. The minimum atomic E-state index is -3.61. The maximum absolute atomic E-state index is 13.1. The molecule has 2 N–H and O–H groups in total. The smallest absolute Gasteiger partial charge is 0.307 e. The molecule has 0 fully saturated rings. The predicted molar refractivity (Wildman–Crippen MR) is 110 cm³/mol. The zero-order valence-corrected chi connectivity index (χ0v) is 17.4. The zero-order chi connectivity index (χ0) is 21.5. The summed E-state index contributed by atoms with van der Waals surface area (Å²) in [5, 5.41) is 13.4. The molecule has 1 aromatic carbocycles. The number of nitrogens with zero attached hydrogens (tertiary/aromatic N) is 2. The number of halogens is 2. The summed E-state index contributed by atoms with van der Waals surface area (Å²) in [4.78, 5) is 15.5. The Balaban J connectivity index is 1.57. The van der Waals surface area contributed by atoms with Crippen molar-refractivity contribution in [2.75, 3.05) is 5.88 Å².